The minimum absolute atomic E-state index is 0.0466. The number of ether oxygens (including phenoxy) is 1. The van der Waals surface area contributed by atoms with Gasteiger partial charge in [0.1, 0.15) is 0 Å². The number of carbonyl (C=O) groups is 1. The Kier molecular flexibility index (Phi) is 3.45. The Bertz CT molecular complexity index is 414. The largest absolute Gasteiger partial charge is 0.380 e. The first-order valence-electron chi connectivity index (χ1n) is 5.78. The van der Waals surface area contributed by atoms with Gasteiger partial charge in [-0.05, 0) is 24.0 Å². The minimum Gasteiger partial charge on any atom is -0.380 e. The van der Waals surface area contributed by atoms with Crippen molar-refractivity contribution in [3.05, 3.63) is 35.4 Å². The van der Waals surface area contributed by atoms with E-state index in [1.165, 1.54) is 0 Å². The number of hydrogen-bond donors (Lipinski definition) is 2. The Morgan fingerprint density at radius 1 is 1.47 bits per heavy atom. The maximum absolute atomic E-state index is 11.7. The highest BCUT2D eigenvalue weighted by Gasteiger charge is 2.45. The van der Waals surface area contributed by atoms with Gasteiger partial charge in [0.25, 0.3) is 0 Å². The van der Waals surface area contributed by atoms with E-state index < -0.39 is 5.54 Å². The summed E-state index contributed by atoms with van der Waals surface area (Å²) in [6.07, 6.45) is 1.59. The highest BCUT2D eigenvalue weighted by atomic mass is 16.5. The first kappa shape index (κ1) is 12.1. The highest BCUT2D eigenvalue weighted by Crippen LogP contribution is 2.32. The molecule has 1 fully saturated rings. The quantitative estimate of drug-likeness (QED) is 0.797. The summed E-state index contributed by atoms with van der Waals surface area (Å²) in [5.74, 6) is -0.0466. The van der Waals surface area contributed by atoms with Crippen LogP contribution in [-0.4, -0.2) is 18.6 Å². The molecule has 1 aromatic carbocycles. The third kappa shape index (κ3) is 3.05. The van der Waals surface area contributed by atoms with Crippen LogP contribution in [0, 0.1) is 0 Å². The van der Waals surface area contributed by atoms with Crippen molar-refractivity contribution < 1.29 is 9.53 Å². The van der Waals surface area contributed by atoms with E-state index in [1.807, 2.05) is 24.3 Å². The molecule has 92 valence electrons. The second-order valence-electron chi connectivity index (χ2n) is 4.59. The number of amides is 1. The van der Waals surface area contributed by atoms with Crippen molar-refractivity contribution in [1.29, 1.82) is 0 Å². The molecule has 17 heavy (non-hydrogen) atoms. The predicted octanol–water partition coefficient (Wildman–Crippen LogP) is 0.940. The molecule has 0 aliphatic heterocycles. The number of methoxy groups -OCH3 is 1. The standard InChI is InChI=1S/C13H18N2O2/c1-17-9-11-4-2-3-10(7-11)8-15-12(16)13(14)5-6-13/h2-4,7H,5-6,8-9,14H2,1H3,(H,15,16). The summed E-state index contributed by atoms with van der Waals surface area (Å²) in [5, 5.41) is 2.87. The van der Waals surface area contributed by atoms with E-state index in [9.17, 15) is 4.79 Å². The van der Waals surface area contributed by atoms with Gasteiger partial charge in [-0.3, -0.25) is 4.79 Å². The Morgan fingerprint density at radius 2 is 2.18 bits per heavy atom. The van der Waals surface area contributed by atoms with Crippen LogP contribution in [-0.2, 0) is 22.7 Å². The molecule has 0 radical (unpaired) electrons. The minimum atomic E-state index is -0.593. The molecule has 0 aromatic heterocycles. The van der Waals surface area contributed by atoms with Crippen LogP contribution in [0.2, 0.25) is 0 Å². The molecule has 0 atom stereocenters. The molecule has 0 bridgehead atoms. The topological polar surface area (TPSA) is 64.3 Å². The Labute approximate surface area is 101 Å². The van der Waals surface area contributed by atoms with E-state index in [4.69, 9.17) is 10.5 Å². The average Bonchev–Trinajstić information content (AvgIpc) is 3.07. The monoisotopic (exact) mass is 234 g/mol. The first-order chi connectivity index (χ1) is 8.14. The lowest BCUT2D eigenvalue weighted by molar-refractivity contribution is -0.123. The summed E-state index contributed by atoms with van der Waals surface area (Å²) < 4.78 is 5.07. The summed E-state index contributed by atoms with van der Waals surface area (Å²) in [5.41, 5.74) is 7.38. The third-order valence-corrected chi connectivity index (χ3v) is 3.00. The molecule has 3 N–H and O–H groups in total. The van der Waals surface area contributed by atoms with Crippen LogP contribution in [0.4, 0.5) is 0 Å². The molecule has 1 aromatic rings. The van der Waals surface area contributed by atoms with E-state index in [2.05, 4.69) is 5.32 Å². The maximum Gasteiger partial charge on any atom is 0.240 e. The highest BCUT2D eigenvalue weighted by molar-refractivity contribution is 5.88. The van der Waals surface area contributed by atoms with Crippen molar-refractivity contribution in [3.8, 4) is 0 Å². The van der Waals surface area contributed by atoms with Gasteiger partial charge in [-0.1, -0.05) is 24.3 Å². The number of carbonyl (C=O) groups excluding carboxylic acids is 1. The fourth-order valence-corrected chi connectivity index (χ4v) is 1.72. The van der Waals surface area contributed by atoms with Gasteiger partial charge >= 0.3 is 0 Å². The molecule has 0 saturated heterocycles. The number of hydrogen-bond acceptors (Lipinski definition) is 3. The van der Waals surface area contributed by atoms with E-state index in [0.29, 0.717) is 13.2 Å². The molecule has 0 spiro atoms. The Morgan fingerprint density at radius 3 is 2.82 bits per heavy atom. The van der Waals surface area contributed by atoms with Crippen LogP contribution in [0.25, 0.3) is 0 Å². The van der Waals surface area contributed by atoms with E-state index in [1.54, 1.807) is 7.11 Å². The lowest BCUT2D eigenvalue weighted by Gasteiger charge is -2.10. The fraction of sp³-hybridized carbons (Fsp3) is 0.462. The number of nitrogens with two attached hydrogens (primary N) is 1. The van der Waals surface area contributed by atoms with Crippen molar-refractivity contribution in [3.63, 3.8) is 0 Å². The predicted molar refractivity (Wildman–Crippen MR) is 65.2 cm³/mol. The first-order valence-corrected chi connectivity index (χ1v) is 5.78. The summed E-state index contributed by atoms with van der Waals surface area (Å²) in [6, 6.07) is 7.97. The molecule has 0 heterocycles. The van der Waals surface area contributed by atoms with Gasteiger partial charge in [0.15, 0.2) is 0 Å². The lowest BCUT2D eigenvalue weighted by Crippen LogP contribution is -2.42. The number of nitrogens with one attached hydrogen (secondary N) is 1. The zero-order valence-electron chi connectivity index (χ0n) is 10.0. The van der Waals surface area contributed by atoms with Crippen molar-refractivity contribution in [2.45, 2.75) is 31.5 Å². The van der Waals surface area contributed by atoms with Crippen LogP contribution in [0.1, 0.15) is 24.0 Å². The number of rotatable bonds is 5. The molecular weight excluding hydrogens is 216 g/mol. The van der Waals surface area contributed by atoms with Crippen molar-refractivity contribution in [2.75, 3.05) is 7.11 Å². The SMILES string of the molecule is COCc1cccc(CNC(=O)C2(N)CC2)c1. The summed E-state index contributed by atoms with van der Waals surface area (Å²) in [6.45, 7) is 1.11. The second kappa shape index (κ2) is 4.85. The van der Waals surface area contributed by atoms with Crippen LogP contribution in [0.5, 0.6) is 0 Å². The van der Waals surface area contributed by atoms with Gasteiger partial charge in [0.05, 0.1) is 12.1 Å². The van der Waals surface area contributed by atoms with Gasteiger partial charge in [0, 0.05) is 13.7 Å². The summed E-state index contributed by atoms with van der Waals surface area (Å²) in [4.78, 5) is 11.7. The smallest absolute Gasteiger partial charge is 0.240 e. The fourth-order valence-electron chi connectivity index (χ4n) is 1.72. The van der Waals surface area contributed by atoms with Crippen molar-refractivity contribution in [1.82, 2.24) is 5.32 Å². The summed E-state index contributed by atoms with van der Waals surface area (Å²) >= 11 is 0. The van der Waals surface area contributed by atoms with Gasteiger partial charge in [0.2, 0.25) is 5.91 Å². The lowest BCUT2D eigenvalue weighted by atomic mass is 10.1. The van der Waals surface area contributed by atoms with Crippen LogP contribution in [0.3, 0.4) is 0 Å². The molecule has 1 aliphatic carbocycles. The van der Waals surface area contributed by atoms with Gasteiger partial charge in [-0.2, -0.15) is 0 Å². The van der Waals surface area contributed by atoms with E-state index in [-0.39, 0.29) is 5.91 Å². The molecule has 2 rings (SSSR count). The molecule has 1 aliphatic rings. The van der Waals surface area contributed by atoms with Gasteiger partial charge in [-0.25, -0.2) is 0 Å². The zero-order chi connectivity index (χ0) is 12.3. The molecule has 0 unspecified atom stereocenters. The van der Waals surface area contributed by atoms with E-state index >= 15 is 0 Å². The third-order valence-electron chi connectivity index (χ3n) is 3.00. The molecule has 1 saturated carbocycles. The van der Waals surface area contributed by atoms with Gasteiger partial charge < -0.3 is 15.8 Å². The molecule has 4 nitrogen and oxygen atoms in total. The number of benzene rings is 1. The van der Waals surface area contributed by atoms with Crippen LogP contribution >= 0.6 is 0 Å². The Hall–Kier alpha value is -1.39. The van der Waals surface area contributed by atoms with Crippen molar-refractivity contribution >= 4 is 5.91 Å². The molecular formula is C13H18N2O2. The van der Waals surface area contributed by atoms with Gasteiger partial charge in [-0.15, -0.1) is 0 Å². The molecule has 1 amide bonds. The normalized spacial score (nSPS) is 16.6. The summed E-state index contributed by atoms with van der Waals surface area (Å²) in [7, 11) is 1.67. The zero-order valence-corrected chi connectivity index (χ0v) is 10.0. The van der Waals surface area contributed by atoms with Crippen LogP contribution < -0.4 is 11.1 Å². The average molecular weight is 234 g/mol. The Balaban J connectivity index is 1.90. The molecule has 4 heteroatoms. The maximum atomic E-state index is 11.7. The second-order valence-corrected chi connectivity index (χ2v) is 4.59. The van der Waals surface area contributed by atoms with Crippen LogP contribution in [0.15, 0.2) is 24.3 Å². The van der Waals surface area contributed by atoms with E-state index in [0.717, 1.165) is 24.0 Å². The van der Waals surface area contributed by atoms with Crippen molar-refractivity contribution in [2.24, 2.45) is 5.73 Å².